The Labute approximate surface area is 208 Å². The van der Waals surface area contributed by atoms with Crippen LogP contribution in [0.1, 0.15) is 12.0 Å². The summed E-state index contributed by atoms with van der Waals surface area (Å²) < 4.78 is 40.1. The highest BCUT2D eigenvalue weighted by Gasteiger charge is 2.22. The van der Waals surface area contributed by atoms with Crippen LogP contribution in [0.25, 0.3) is 0 Å². The summed E-state index contributed by atoms with van der Waals surface area (Å²) in [6.45, 7) is 1.72. The van der Waals surface area contributed by atoms with Crippen LogP contribution in [-0.4, -0.2) is 39.6 Å². The van der Waals surface area contributed by atoms with Crippen LogP contribution < -0.4 is 14.2 Å². The average Bonchev–Trinajstić information content (AvgIpc) is 3.21. The predicted octanol–water partition coefficient (Wildman–Crippen LogP) is 5.54. The largest absolute Gasteiger partial charge is 0.487 e. The fraction of sp³-hybridized carbons (Fsp3) is 0.208. The molecule has 1 atom stereocenters. The van der Waals surface area contributed by atoms with Gasteiger partial charge >= 0.3 is 0 Å². The molecule has 1 aliphatic heterocycles. The Morgan fingerprint density at radius 1 is 1.06 bits per heavy atom. The van der Waals surface area contributed by atoms with Crippen LogP contribution in [0, 0.1) is 11.3 Å². The van der Waals surface area contributed by atoms with Crippen molar-refractivity contribution in [2.75, 3.05) is 24.9 Å². The number of anilines is 1. The standard InChI is InChI=1S/C24H21Cl2N3O4S/c1-29-12-11-18(15-29)33-24-13-16(5-10-22(24)26)28-34(30,31)19-8-6-17(7-9-19)32-23-4-2-3-21(25)20(23)14-27/h2-10,13,18,28H,11-12,15H2,1H3/t18-/m0/s1. The quantitative estimate of drug-likeness (QED) is 0.442. The minimum Gasteiger partial charge on any atom is -0.487 e. The molecule has 1 saturated heterocycles. The van der Waals surface area contributed by atoms with Gasteiger partial charge in [0.25, 0.3) is 10.0 Å². The van der Waals surface area contributed by atoms with Crippen molar-refractivity contribution in [1.82, 2.24) is 4.90 Å². The van der Waals surface area contributed by atoms with Gasteiger partial charge in [-0.15, -0.1) is 0 Å². The van der Waals surface area contributed by atoms with E-state index >= 15 is 0 Å². The van der Waals surface area contributed by atoms with E-state index in [-0.39, 0.29) is 27.3 Å². The molecule has 0 spiro atoms. The van der Waals surface area contributed by atoms with Crippen LogP contribution >= 0.6 is 23.2 Å². The molecule has 0 saturated carbocycles. The fourth-order valence-corrected chi connectivity index (χ4v) is 4.97. The summed E-state index contributed by atoms with van der Waals surface area (Å²) in [6.07, 6.45) is 0.880. The number of sulfonamides is 1. The van der Waals surface area contributed by atoms with Crippen molar-refractivity contribution < 1.29 is 17.9 Å². The zero-order chi connectivity index (χ0) is 24.3. The lowest BCUT2D eigenvalue weighted by molar-refractivity contribution is 0.208. The highest BCUT2D eigenvalue weighted by Crippen LogP contribution is 2.32. The zero-order valence-electron chi connectivity index (χ0n) is 18.2. The number of nitrogens with one attached hydrogen (secondary N) is 1. The van der Waals surface area contributed by atoms with Gasteiger partial charge in [0.2, 0.25) is 0 Å². The van der Waals surface area contributed by atoms with E-state index in [0.29, 0.717) is 22.2 Å². The molecule has 1 fully saturated rings. The number of ether oxygens (including phenoxy) is 2. The second-order valence-electron chi connectivity index (χ2n) is 7.84. The smallest absolute Gasteiger partial charge is 0.261 e. The molecule has 1 heterocycles. The summed E-state index contributed by atoms with van der Waals surface area (Å²) in [6, 6.07) is 17.5. The Bertz CT molecular complexity index is 1340. The van der Waals surface area contributed by atoms with Gasteiger partial charge in [0.05, 0.1) is 20.6 Å². The molecule has 3 aromatic rings. The number of hydrogen-bond acceptors (Lipinski definition) is 6. The maximum Gasteiger partial charge on any atom is 0.261 e. The minimum atomic E-state index is -3.87. The Morgan fingerprint density at radius 3 is 2.50 bits per heavy atom. The van der Waals surface area contributed by atoms with Crippen molar-refractivity contribution in [1.29, 1.82) is 5.26 Å². The number of hydrogen-bond donors (Lipinski definition) is 1. The number of nitrogens with zero attached hydrogens (tertiary/aromatic N) is 2. The highest BCUT2D eigenvalue weighted by atomic mass is 35.5. The average molecular weight is 518 g/mol. The third kappa shape index (κ3) is 5.57. The monoisotopic (exact) mass is 517 g/mol. The molecule has 0 radical (unpaired) electrons. The topological polar surface area (TPSA) is 91.7 Å². The molecule has 1 N–H and O–H groups in total. The van der Waals surface area contributed by atoms with Gasteiger partial charge in [-0.3, -0.25) is 4.72 Å². The zero-order valence-corrected chi connectivity index (χ0v) is 20.5. The third-order valence-electron chi connectivity index (χ3n) is 5.27. The first-order valence-corrected chi connectivity index (χ1v) is 12.6. The van der Waals surface area contributed by atoms with Gasteiger partial charge < -0.3 is 14.4 Å². The van der Waals surface area contributed by atoms with Crippen molar-refractivity contribution in [2.24, 2.45) is 0 Å². The summed E-state index contributed by atoms with van der Waals surface area (Å²) in [7, 11) is -1.86. The first-order chi connectivity index (χ1) is 16.2. The van der Waals surface area contributed by atoms with Crippen molar-refractivity contribution in [3.63, 3.8) is 0 Å². The minimum absolute atomic E-state index is 0.00273. The van der Waals surface area contributed by atoms with Crippen LogP contribution in [-0.2, 0) is 10.0 Å². The Balaban J connectivity index is 1.48. The van der Waals surface area contributed by atoms with Crippen LogP contribution in [0.4, 0.5) is 5.69 Å². The predicted molar refractivity (Wildman–Crippen MR) is 131 cm³/mol. The maximum atomic E-state index is 12.9. The summed E-state index contributed by atoms with van der Waals surface area (Å²) >= 11 is 12.3. The molecular weight excluding hydrogens is 497 g/mol. The van der Waals surface area contributed by atoms with E-state index in [1.807, 2.05) is 13.1 Å². The van der Waals surface area contributed by atoms with E-state index in [2.05, 4.69) is 9.62 Å². The summed E-state index contributed by atoms with van der Waals surface area (Å²) in [5, 5.41) is 9.96. The lowest BCUT2D eigenvalue weighted by atomic mass is 10.2. The van der Waals surface area contributed by atoms with Gasteiger partial charge in [-0.2, -0.15) is 5.26 Å². The van der Waals surface area contributed by atoms with E-state index in [9.17, 15) is 13.7 Å². The van der Waals surface area contributed by atoms with Gasteiger partial charge in [-0.25, -0.2) is 8.42 Å². The molecule has 1 aliphatic rings. The molecular formula is C24H21Cl2N3O4S. The molecule has 0 aliphatic carbocycles. The number of rotatable bonds is 7. The Hall–Kier alpha value is -2.96. The normalized spacial score (nSPS) is 16.1. The molecule has 176 valence electrons. The molecule has 0 aromatic heterocycles. The van der Waals surface area contributed by atoms with Gasteiger partial charge in [0.15, 0.2) is 0 Å². The van der Waals surface area contributed by atoms with Crippen molar-refractivity contribution in [3.8, 4) is 23.3 Å². The summed E-state index contributed by atoms with van der Waals surface area (Å²) in [4.78, 5) is 2.20. The molecule has 10 heteroatoms. The second-order valence-corrected chi connectivity index (χ2v) is 10.3. The first kappa shape index (κ1) is 24.2. The molecule has 3 aromatic carbocycles. The number of nitriles is 1. The van der Waals surface area contributed by atoms with Crippen LogP contribution in [0.3, 0.4) is 0 Å². The Morgan fingerprint density at radius 2 is 1.82 bits per heavy atom. The fourth-order valence-electron chi connectivity index (χ4n) is 3.55. The molecule has 7 nitrogen and oxygen atoms in total. The van der Waals surface area contributed by atoms with E-state index in [1.54, 1.807) is 36.4 Å². The van der Waals surface area contributed by atoms with E-state index < -0.39 is 10.0 Å². The molecule has 0 unspecified atom stereocenters. The molecule has 0 bridgehead atoms. The van der Waals surface area contributed by atoms with Gasteiger partial charge in [-0.05, 0) is 62.0 Å². The highest BCUT2D eigenvalue weighted by molar-refractivity contribution is 7.92. The lowest BCUT2D eigenvalue weighted by Crippen LogP contribution is -2.21. The van der Waals surface area contributed by atoms with E-state index in [0.717, 1.165) is 19.5 Å². The van der Waals surface area contributed by atoms with Gasteiger partial charge in [-0.1, -0.05) is 29.3 Å². The summed E-state index contributed by atoms with van der Waals surface area (Å²) in [5.41, 5.74) is 0.538. The summed E-state index contributed by atoms with van der Waals surface area (Å²) in [5.74, 6) is 1.08. The number of halogens is 2. The molecule has 4 rings (SSSR count). The van der Waals surface area contributed by atoms with E-state index in [1.165, 1.54) is 24.3 Å². The number of likely N-dealkylation sites (N-methyl/N-ethyl adjacent to an activating group) is 1. The first-order valence-electron chi connectivity index (χ1n) is 10.4. The third-order valence-corrected chi connectivity index (χ3v) is 7.30. The number of likely N-dealkylation sites (tertiary alicyclic amines) is 1. The van der Waals surface area contributed by atoms with Crippen LogP contribution in [0.5, 0.6) is 17.2 Å². The molecule has 34 heavy (non-hydrogen) atoms. The lowest BCUT2D eigenvalue weighted by Gasteiger charge is -2.16. The van der Waals surface area contributed by atoms with Gasteiger partial charge in [0, 0.05) is 19.2 Å². The van der Waals surface area contributed by atoms with Crippen molar-refractivity contribution in [2.45, 2.75) is 17.4 Å². The SMILES string of the molecule is CN1CC[C@H](Oc2cc(NS(=O)(=O)c3ccc(Oc4cccc(Cl)c4C#N)cc3)ccc2Cl)C1. The van der Waals surface area contributed by atoms with Crippen molar-refractivity contribution in [3.05, 3.63) is 76.3 Å². The number of benzene rings is 3. The molecule has 0 amide bonds. The Kier molecular flexibility index (Phi) is 7.19. The van der Waals surface area contributed by atoms with Gasteiger partial charge in [0.1, 0.15) is 35.0 Å². The van der Waals surface area contributed by atoms with Crippen LogP contribution in [0.2, 0.25) is 10.0 Å². The van der Waals surface area contributed by atoms with E-state index in [4.69, 9.17) is 32.7 Å². The van der Waals surface area contributed by atoms with Crippen LogP contribution in [0.15, 0.2) is 65.6 Å². The maximum absolute atomic E-state index is 12.9. The second kappa shape index (κ2) is 10.1. The van der Waals surface area contributed by atoms with Crippen molar-refractivity contribution >= 4 is 38.9 Å².